The molecule has 23 heavy (non-hydrogen) atoms. The van der Waals surface area contributed by atoms with Crippen molar-refractivity contribution in [1.82, 2.24) is 5.32 Å². The second kappa shape index (κ2) is 9.42. The van der Waals surface area contributed by atoms with Gasteiger partial charge in [-0.15, -0.1) is 0 Å². The fourth-order valence-electron chi connectivity index (χ4n) is 2.18. The predicted octanol–water partition coefficient (Wildman–Crippen LogP) is 4.65. The first-order valence-electron chi connectivity index (χ1n) is 7.63. The van der Waals surface area contributed by atoms with Gasteiger partial charge >= 0.3 is 0 Å². The summed E-state index contributed by atoms with van der Waals surface area (Å²) in [5.41, 5.74) is 2.26. The second-order valence-electron chi connectivity index (χ2n) is 5.33. The van der Waals surface area contributed by atoms with Crippen LogP contribution < -0.4 is 10.1 Å². The molecule has 0 aromatic heterocycles. The summed E-state index contributed by atoms with van der Waals surface area (Å²) in [6.45, 7) is 3.44. The topological polar surface area (TPSA) is 41.5 Å². The largest absolute Gasteiger partial charge is 0.487 e. The summed E-state index contributed by atoms with van der Waals surface area (Å²) >= 11 is 7.16. The Bertz CT molecular complexity index is 593. The highest BCUT2D eigenvalue weighted by Crippen LogP contribution is 2.35. The van der Waals surface area contributed by atoms with Gasteiger partial charge in [0.15, 0.2) is 0 Å². The molecule has 5 heteroatoms. The molecule has 124 valence electrons. The zero-order chi connectivity index (χ0) is 16.7. The van der Waals surface area contributed by atoms with Gasteiger partial charge in [0.1, 0.15) is 12.4 Å². The normalized spacial score (nSPS) is 12.2. The number of hydrogen-bond acceptors (Lipinski definition) is 3. The second-order valence-corrected chi connectivity index (χ2v) is 7.04. The van der Waals surface area contributed by atoms with E-state index in [4.69, 9.17) is 4.74 Å². The van der Waals surface area contributed by atoms with Crippen LogP contribution in [0.25, 0.3) is 0 Å². The van der Waals surface area contributed by atoms with Gasteiger partial charge in [0.05, 0.1) is 15.6 Å². The maximum atomic E-state index is 9.23. The van der Waals surface area contributed by atoms with Crippen LogP contribution in [-0.4, -0.2) is 17.8 Å². The first-order chi connectivity index (χ1) is 11.1. The maximum Gasteiger partial charge on any atom is 0.148 e. The predicted molar refractivity (Wildman–Crippen MR) is 101 cm³/mol. The Morgan fingerprint density at radius 3 is 2.30 bits per heavy atom. The van der Waals surface area contributed by atoms with Crippen molar-refractivity contribution in [2.24, 2.45) is 0 Å². The van der Waals surface area contributed by atoms with Crippen LogP contribution >= 0.6 is 31.9 Å². The van der Waals surface area contributed by atoms with E-state index in [0.717, 1.165) is 32.2 Å². The van der Waals surface area contributed by atoms with Crippen molar-refractivity contribution in [3.8, 4) is 5.75 Å². The van der Waals surface area contributed by atoms with Gasteiger partial charge in [0.25, 0.3) is 0 Å². The highest BCUT2D eigenvalue weighted by molar-refractivity contribution is 9.11. The van der Waals surface area contributed by atoms with E-state index in [1.54, 1.807) is 0 Å². The molecule has 0 saturated carbocycles. The van der Waals surface area contributed by atoms with Gasteiger partial charge in [0.2, 0.25) is 0 Å². The monoisotopic (exact) mass is 441 g/mol. The van der Waals surface area contributed by atoms with E-state index < -0.39 is 0 Å². The molecule has 0 fully saturated rings. The lowest BCUT2D eigenvalue weighted by Crippen LogP contribution is -2.31. The first-order valence-corrected chi connectivity index (χ1v) is 9.21. The van der Waals surface area contributed by atoms with Crippen molar-refractivity contribution in [3.05, 3.63) is 62.5 Å². The molecular formula is C18H21Br2NO2. The molecule has 1 unspecified atom stereocenters. The molecule has 2 rings (SSSR count). The molecule has 0 bridgehead atoms. The van der Waals surface area contributed by atoms with Gasteiger partial charge in [-0.05, 0) is 61.5 Å². The SMILES string of the molecule is CCC(CO)NCc1cc(Br)c(OCc2ccccc2)c(Br)c1. The minimum atomic E-state index is 0.126. The van der Waals surface area contributed by atoms with Gasteiger partial charge in [-0.25, -0.2) is 0 Å². The third kappa shape index (κ3) is 5.60. The summed E-state index contributed by atoms with van der Waals surface area (Å²) in [4.78, 5) is 0. The third-order valence-electron chi connectivity index (χ3n) is 3.59. The van der Waals surface area contributed by atoms with Gasteiger partial charge in [-0.2, -0.15) is 0 Å². The molecule has 3 nitrogen and oxygen atoms in total. The van der Waals surface area contributed by atoms with Gasteiger partial charge in [0, 0.05) is 12.6 Å². The van der Waals surface area contributed by atoms with Crippen LogP contribution in [0.15, 0.2) is 51.4 Å². The van der Waals surface area contributed by atoms with Crippen LogP contribution in [0, 0.1) is 0 Å². The molecule has 0 radical (unpaired) electrons. The van der Waals surface area contributed by atoms with E-state index >= 15 is 0 Å². The van der Waals surface area contributed by atoms with E-state index in [1.165, 1.54) is 0 Å². The van der Waals surface area contributed by atoms with E-state index in [9.17, 15) is 5.11 Å². The Labute approximate surface area is 154 Å². The maximum absolute atomic E-state index is 9.23. The zero-order valence-electron chi connectivity index (χ0n) is 13.1. The number of aliphatic hydroxyl groups excluding tert-OH is 1. The highest BCUT2D eigenvalue weighted by atomic mass is 79.9. The molecule has 0 aliphatic rings. The van der Waals surface area contributed by atoms with Gasteiger partial charge in [-0.3, -0.25) is 0 Å². The van der Waals surface area contributed by atoms with E-state index in [-0.39, 0.29) is 12.6 Å². The van der Waals surface area contributed by atoms with E-state index in [1.807, 2.05) is 42.5 Å². The Morgan fingerprint density at radius 2 is 1.74 bits per heavy atom. The molecular weight excluding hydrogens is 422 g/mol. The van der Waals surface area contributed by atoms with Crippen LogP contribution in [0.5, 0.6) is 5.75 Å². The average molecular weight is 443 g/mol. The van der Waals surface area contributed by atoms with Crippen LogP contribution in [0.4, 0.5) is 0 Å². The lowest BCUT2D eigenvalue weighted by Gasteiger charge is -2.16. The average Bonchev–Trinajstić information content (AvgIpc) is 2.56. The summed E-state index contributed by atoms with van der Waals surface area (Å²) in [6, 6.07) is 14.3. The zero-order valence-corrected chi connectivity index (χ0v) is 16.2. The molecule has 0 heterocycles. The van der Waals surface area contributed by atoms with Gasteiger partial charge < -0.3 is 15.2 Å². The molecule has 0 amide bonds. The molecule has 0 saturated heterocycles. The number of ether oxygens (including phenoxy) is 1. The van der Waals surface area contributed by atoms with Crippen molar-refractivity contribution < 1.29 is 9.84 Å². The first kappa shape index (κ1) is 18.5. The lowest BCUT2D eigenvalue weighted by atomic mass is 10.2. The van der Waals surface area contributed by atoms with Crippen molar-refractivity contribution in [3.63, 3.8) is 0 Å². The fraction of sp³-hybridized carbons (Fsp3) is 0.333. The minimum absolute atomic E-state index is 0.126. The fourth-order valence-corrected chi connectivity index (χ4v) is 3.69. The summed E-state index contributed by atoms with van der Waals surface area (Å²) in [5, 5.41) is 12.6. The summed E-state index contributed by atoms with van der Waals surface area (Å²) in [6.07, 6.45) is 0.900. The van der Waals surface area contributed by atoms with Crippen molar-refractivity contribution in [2.45, 2.75) is 32.5 Å². The molecule has 2 N–H and O–H groups in total. The number of rotatable bonds is 8. The number of benzene rings is 2. The summed E-state index contributed by atoms with van der Waals surface area (Å²) in [5.74, 6) is 0.798. The Kier molecular flexibility index (Phi) is 7.56. The summed E-state index contributed by atoms with van der Waals surface area (Å²) in [7, 11) is 0. The molecule has 2 aromatic carbocycles. The Morgan fingerprint density at radius 1 is 1.09 bits per heavy atom. The third-order valence-corrected chi connectivity index (χ3v) is 4.77. The van der Waals surface area contributed by atoms with Crippen LogP contribution in [-0.2, 0) is 13.2 Å². The van der Waals surface area contributed by atoms with Crippen molar-refractivity contribution in [2.75, 3.05) is 6.61 Å². The van der Waals surface area contributed by atoms with Crippen LogP contribution in [0.3, 0.4) is 0 Å². The molecule has 2 aromatic rings. The molecule has 0 aliphatic heterocycles. The smallest absolute Gasteiger partial charge is 0.148 e. The Balaban J connectivity index is 2.02. The van der Waals surface area contributed by atoms with Crippen molar-refractivity contribution >= 4 is 31.9 Å². The number of halogens is 2. The minimum Gasteiger partial charge on any atom is -0.487 e. The molecule has 0 aliphatic carbocycles. The molecule has 1 atom stereocenters. The lowest BCUT2D eigenvalue weighted by molar-refractivity contribution is 0.238. The van der Waals surface area contributed by atoms with Gasteiger partial charge in [-0.1, -0.05) is 37.3 Å². The summed E-state index contributed by atoms with van der Waals surface area (Å²) < 4.78 is 7.75. The highest BCUT2D eigenvalue weighted by Gasteiger charge is 2.11. The van der Waals surface area contributed by atoms with Crippen LogP contribution in [0.2, 0.25) is 0 Å². The Hall–Kier alpha value is -0.880. The quantitative estimate of drug-likeness (QED) is 0.625. The standard InChI is InChI=1S/C18H21Br2NO2/c1-2-15(11-22)21-10-14-8-16(19)18(17(20)9-14)23-12-13-6-4-3-5-7-13/h3-9,15,21-22H,2,10-12H2,1H3. The van der Waals surface area contributed by atoms with Crippen molar-refractivity contribution in [1.29, 1.82) is 0 Å². The van der Waals surface area contributed by atoms with E-state index in [2.05, 4.69) is 44.1 Å². The number of nitrogens with one attached hydrogen (secondary N) is 1. The number of aliphatic hydroxyl groups is 1. The molecule has 0 spiro atoms. The number of hydrogen-bond donors (Lipinski definition) is 2. The van der Waals surface area contributed by atoms with E-state index in [0.29, 0.717) is 13.2 Å². The van der Waals surface area contributed by atoms with Crippen LogP contribution in [0.1, 0.15) is 24.5 Å².